The molecule has 0 saturated heterocycles. The van der Waals surface area contributed by atoms with Crippen molar-refractivity contribution in [1.29, 1.82) is 5.26 Å². The highest BCUT2D eigenvalue weighted by Gasteiger charge is 2.10. The van der Waals surface area contributed by atoms with Gasteiger partial charge in [-0.15, -0.1) is 11.8 Å². The van der Waals surface area contributed by atoms with Gasteiger partial charge in [-0.1, -0.05) is 12.1 Å². The number of thioether (sulfide) groups is 1. The SMILES string of the molecule is COc1ccc(SCC(=O)OCC(=O)Nc2ccccc2C#N)cc1. The van der Waals surface area contributed by atoms with E-state index < -0.39 is 18.5 Å². The van der Waals surface area contributed by atoms with Crippen molar-refractivity contribution >= 4 is 29.3 Å². The van der Waals surface area contributed by atoms with Crippen LogP contribution in [-0.4, -0.2) is 31.3 Å². The fourth-order valence-corrected chi connectivity index (χ4v) is 2.57. The summed E-state index contributed by atoms with van der Waals surface area (Å²) in [5.74, 6) is -0.162. The molecule has 0 unspecified atom stereocenters. The van der Waals surface area contributed by atoms with Gasteiger partial charge in [-0.2, -0.15) is 5.26 Å². The van der Waals surface area contributed by atoms with E-state index in [-0.39, 0.29) is 5.75 Å². The summed E-state index contributed by atoms with van der Waals surface area (Å²) < 4.78 is 10.00. The molecule has 0 atom stereocenters. The molecule has 1 N–H and O–H groups in total. The van der Waals surface area contributed by atoms with Gasteiger partial charge in [0.15, 0.2) is 6.61 Å². The maximum Gasteiger partial charge on any atom is 0.316 e. The minimum atomic E-state index is -0.496. The second-order valence-electron chi connectivity index (χ2n) is 4.83. The summed E-state index contributed by atoms with van der Waals surface area (Å²) in [7, 11) is 1.58. The minimum Gasteiger partial charge on any atom is -0.497 e. The van der Waals surface area contributed by atoms with E-state index in [9.17, 15) is 9.59 Å². The highest BCUT2D eigenvalue weighted by atomic mass is 32.2. The Morgan fingerprint density at radius 1 is 1.16 bits per heavy atom. The number of amides is 1. The van der Waals surface area contributed by atoms with Gasteiger partial charge < -0.3 is 14.8 Å². The minimum absolute atomic E-state index is 0.0917. The number of methoxy groups -OCH3 is 1. The molecular formula is C18H16N2O4S. The molecule has 2 aromatic carbocycles. The molecular weight excluding hydrogens is 340 g/mol. The van der Waals surface area contributed by atoms with Crippen LogP contribution in [0.1, 0.15) is 5.56 Å². The topological polar surface area (TPSA) is 88.4 Å². The fourth-order valence-electron chi connectivity index (χ4n) is 1.88. The van der Waals surface area contributed by atoms with E-state index in [1.165, 1.54) is 11.8 Å². The molecule has 0 aliphatic heterocycles. The molecule has 128 valence electrons. The Labute approximate surface area is 149 Å². The van der Waals surface area contributed by atoms with Crippen LogP contribution in [-0.2, 0) is 14.3 Å². The van der Waals surface area contributed by atoms with E-state index in [2.05, 4.69) is 5.32 Å². The van der Waals surface area contributed by atoms with Crippen molar-refractivity contribution in [3.05, 3.63) is 54.1 Å². The lowest BCUT2D eigenvalue weighted by atomic mass is 10.2. The number of nitrogens with one attached hydrogen (secondary N) is 1. The second kappa shape index (κ2) is 9.35. The van der Waals surface area contributed by atoms with E-state index in [0.717, 1.165) is 10.6 Å². The molecule has 0 radical (unpaired) electrons. The molecule has 1 amide bonds. The van der Waals surface area contributed by atoms with Crippen LogP contribution in [0.2, 0.25) is 0 Å². The molecule has 0 saturated carbocycles. The first-order valence-electron chi connectivity index (χ1n) is 7.34. The average molecular weight is 356 g/mol. The van der Waals surface area contributed by atoms with Gasteiger partial charge in [0.05, 0.1) is 24.1 Å². The van der Waals surface area contributed by atoms with E-state index in [1.807, 2.05) is 18.2 Å². The number of anilines is 1. The summed E-state index contributed by atoms with van der Waals surface area (Å²) in [5, 5.41) is 11.5. The van der Waals surface area contributed by atoms with Crippen molar-refractivity contribution in [3.8, 4) is 11.8 Å². The van der Waals surface area contributed by atoms with E-state index in [1.54, 1.807) is 43.5 Å². The molecule has 0 aliphatic rings. The smallest absolute Gasteiger partial charge is 0.316 e. The lowest BCUT2D eigenvalue weighted by molar-refractivity contribution is -0.144. The third-order valence-electron chi connectivity index (χ3n) is 3.10. The number of esters is 1. The Morgan fingerprint density at radius 2 is 1.88 bits per heavy atom. The highest BCUT2D eigenvalue weighted by molar-refractivity contribution is 8.00. The first-order chi connectivity index (χ1) is 12.1. The maximum atomic E-state index is 11.8. The largest absolute Gasteiger partial charge is 0.497 e. The monoisotopic (exact) mass is 356 g/mol. The number of hydrogen-bond donors (Lipinski definition) is 1. The Bertz CT molecular complexity index is 784. The first-order valence-corrected chi connectivity index (χ1v) is 8.32. The summed E-state index contributed by atoms with van der Waals surface area (Å²) in [6.45, 7) is -0.401. The van der Waals surface area contributed by atoms with Crippen LogP contribution in [0.3, 0.4) is 0 Å². The number of nitrogens with zero attached hydrogens (tertiary/aromatic N) is 1. The van der Waals surface area contributed by atoms with E-state index >= 15 is 0 Å². The number of hydrogen-bond acceptors (Lipinski definition) is 6. The van der Waals surface area contributed by atoms with Gasteiger partial charge in [0.2, 0.25) is 0 Å². The first kappa shape index (κ1) is 18.4. The number of para-hydroxylation sites is 1. The number of ether oxygens (including phenoxy) is 2. The van der Waals surface area contributed by atoms with Crippen LogP contribution in [0.4, 0.5) is 5.69 Å². The highest BCUT2D eigenvalue weighted by Crippen LogP contribution is 2.21. The molecule has 7 heteroatoms. The normalized spacial score (nSPS) is 9.76. The zero-order valence-corrected chi connectivity index (χ0v) is 14.3. The zero-order chi connectivity index (χ0) is 18.1. The van der Waals surface area contributed by atoms with Crippen LogP contribution in [0.5, 0.6) is 5.75 Å². The summed E-state index contributed by atoms with van der Waals surface area (Å²) in [4.78, 5) is 24.4. The standard InChI is InChI=1S/C18H16N2O4S/c1-23-14-6-8-15(9-7-14)25-12-18(22)24-11-17(21)20-16-5-3-2-4-13(16)10-19/h2-9H,11-12H2,1H3,(H,20,21). The third-order valence-corrected chi connectivity index (χ3v) is 4.09. The Balaban J connectivity index is 1.75. The molecule has 2 rings (SSSR count). The molecule has 2 aromatic rings. The quantitative estimate of drug-likeness (QED) is 0.606. The Kier molecular flexibility index (Phi) is 6.87. The Hall–Kier alpha value is -2.98. The molecule has 25 heavy (non-hydrogen) atoms. The lowest BCUT2D eigenvalue weighted by Gasteiger charge is -2.08. The van der Waals surface area contributed by atoms with Crippen LogP contribution < -0.4 is 10.1 Å². The van der Waals surface area contributed by atoms with Gasteiger partial charge in [0.1, 0.15) is 11.8 Å². The number of nitriles is 1. The predicted molar refractivity (Wildman–Crippen MR) is 94.5 cm³/mol. The molecule has 0 fully saturated rings. The molecule has 0 aromatic heterocycles. The second-order valence-corrected chi connectivity index (χ2v) is 5.88. The van der Waals surface area contributed by atoms with Crippen molar-refractivity contribution in [2.24, 2.45) is 0 Å². The van der Waals surface area contributed by atoms with Crippen molar-refractivity contribution in [2.45, 2.75) is 4.90 Å². The number of carbonyl (C=O) groups is 2. The third kappa shape index (κ3) is 5.86. The van der Waals surface area contributed by atoms with Gasteiger partial charge in [-0.3, -0.25) is 9.59 Å². The number of carbonyl (C=O) groups excluding carboxylic acids is 2. The van der Waals surface area contributed by atoms with E-state index in [0.29, 0.717) is 11.3 Å². The molecule has 0 spiro atoms. The molecule has 0 bridgehead atoms. The summed E-state index contributed by atoms with van der Waals surface area (Å²) in [6.07, 6.45) is 0. The van der Waals surface area contributed by atoms with Crippen LogP contribution in [0, 0.1) is 11.3 Å². The summed E-state index contributed by atoms with van der Waals surface area (Å²) in [5.41, 5.74) is 0.732. The number of benzene rings is 2. The van der Waals surface area contributed by atoms with Gasteiger partial charge in [-0.05, 0) is 36.4 Å². The Morgan fingerprint density at radius 3 is 2.56 bits per heavy atom. The summed E-state index contributed by atoms with van der Waals surface area (Å²) in [6, 6.07) is 15.8. The van der Waals surface area contributed by atoms with Gasteiger partial charge in [0, 0.05) is 4.90 Å². The van der Waals surface area contributed by atoms with Crippen LogP contribution in [0.25, 0.3) is 0 Å². The predicted octanol–water partition coefficient (Wildman–Crippen LogP) is 2.84. The van der Waals surface area contributed by atoms with Crippen molar-refractivity contribution < 1.29 is 19.1 Å². The van der Waals surface area contributed by atoms with Crippen molar-refractivity contribution in [3.63, 3.8) is 0 Å². The van der Waals surface area contributed by atoms with Crippen LogP contribution in [0.15, 0.2) is 53.4 Å². The maximum absolute atomic E-state index is 11.8. The fraction of sp³-hybridized carbons (Fsp3) is 0.167. The lowest BCUT2D eigenvalue weighted by Crippen LogP contribution is -2.22. The van der Waals surface area contributed by atoms with Gasteiger partial charge in [0.25, 0.3) is 5.91 Å². The van der Waals surface area contributed by atoms with Crippen molar-refractivity contribution in [1.82, 2.24) is 0 Å². The van der Waals surface area contributed by atoms with Crippen LogP contribution >= 0.6 is 11.8 Å². The molecule has 0 aliphatic carbocycles. The van der Waals surface area contributed by atoms with E-state index in [4.69, 9.17) is 14.7 Å². The van der Waals surface area contributed by atoms with Gasteiger partial charge in [-0.25, -0.2) is 0 Å². The van der Waals surface area contributed by atoms with Crippen molar-refractivity contribution in [2.75, 3.05) is 24.8 Å². The number of rotatable bonds is 7. The molecule has 0 heterocycles. The molecule has 6 nitrogen and oxygen atoms in total. The zero-order valence-electron chi connectivity index (χ0n) is 13.5. The van der Waals surface area contributed by atoms with Gasteiger partial charge >= 0.3 is 5.97 Å². The average Bonchev–Trinajstić information content (AvgIpc) is 2.65. The summed E-state index contributed by atoms with van der Waals surface area (Å²) >= 11 is 1.30.